The number of pyridine rings is 1. The van der Waals surface area contributed by atoms with E-state index in [1.165, 1.54) is 29.7 Å². The second kappa shape index (κ2) is 6.19. The van der Waals surface area contributed by atoms with Crippen molar-refractivity contribution in [3.63, 3.8) is 0 Å². The van der Waals surface area contributed by atoms with Crippen molar-refractivity contribution in [1.82, 2.24) is 4.98 Å². The van der Waals surface area contributed by atoms with Gasteiger partial charge in [-0.25, -0.2) is 0 Å². The quantitative estimate of drug-likeness (QED) is 0.920. The molecule has 0 fully saturated rings. The third-order valence-corrected chi connectivity index (χ3v) is 4.36. The molecule has 1 aromatic carbocycles. The van der Waals surface area contributed by atoms with Crippen LogP contribution in [0.15, 0.2) is 48.7 Å². The molecule has 3 rings (SSSR count). The van der Waals surface area contributed by atoms with Crippen LogP contribution in [0.1, 0.15) is 42.0 Å². The molecular weight excluding hydrogens is 244 g/mol. The van der Waals surface area contributed by atoms with Gasteiger partial charge >= 0.3 is 0 Å². The number of aromatic nitrogens is 1. The lowest BCUT2D eigenvalue weighted by Gasteiger charge is -2.29. The lowest BCUT2D eigenvalue weighted by Crippen LogP contribution is -2.32. The minimum Gasteiger partial charge on any atom is -0.327 e. The van der Waals surface area contributed by atoms with Gasteiger partial charge < -0.3 is 5.73 Å². The van der Waals surface area contributed by atoms with Crippen LogP contribution in [0, 0.1) is 0 Å². The van der Waals surface area contributed by atoms with Crippen LogP contribution in [0.2, 0.25) is 0 Å². The Kier molecular flexibility index (Phi) is 4.12. The Morgan fingerprint density at radius 3 is 2.85 bits per heavy atom. The van der Waals surface area contributed by atoms with Crippen molar-refractivity contribution in [2.75, 3.05) is 0 Å². The number of rotatable bonds is 4. The summed E-state index contributed by atoms with van der Waals surface area (Å²) in [5.41, 5.74) is 10.5. The summed E-state index contributed by atoms with van der Waals surface area (Å²) in [6.07, 6.45) is 7.57. The van der Waals surface area contributed by atoms with Crippen LogP contribution in [-0.4, -0.2) is 11.0 Å². The lowest BCUT2D eigenvalue weighted by atomic mass is 9.80. The smallest absolute Gasteiger partial charge is 0.0481 e. The molecule has 104 valence electrons. The molecule has 0 amide bonds. The van der Waals surface area contributed by atoms with Crippen molar-refractivity contribution in [2.45, 2.75) is 44.1 Å². The molecule has 2 atom stereocenters. The standard InChI is InChI=1S/C18H22N2/c19-17(12-11-14-6-2-1-3-7-14)16-10-4-8-15-9-5-13-20-18(15)16/h1-3,5-7,9,13,16-17H,4,8,10-12,19H2. The van der Waals surface area contributed by atoms with E-state index in [4.69, 9.17) is 5.73 Å². The second-order valence-electron chi connectivity index (χ2n) is 5.73. The maximum Gasteiger partial charge on any atom is 0.0481 e. The van der Waals surface area contributed by atoms with Gasteiger partial charge in [-0.05, 0) is 49.3 Å². The van der Waals surface area contributed by atoms with Crippen LogP contribution < -0.4 is 5.73 Å². The van der Waals surface area contributed by atoms with Gasteiger partial charge in [0.05, 0.1) is 0 Å². The maximum atomic E-state index is 6.47. The third kappa shape index (κ3) is 2.91. The molecule has 2 nitrogen and oxygen atoms in total. The molecule has 0 bridgehead atoms. The van der Waals surface area contributed by atoms with Crippen LogP contribution in [0.5, 0.6) is 0 Å². The molecule has 2 heteroatoms. The molecule has 0 spiro atoms. The van der Waals surface area contributed by atoms with Crippen molar-refractivity contribution >= 4 is 0 Å². The Balaban J connectivity index is 1.67. The average Bonchev–Trinajstić information content (AvgIpc) is 2.53. The third-order valence-electron chi connectivity index (χ3n) is 4.36. The Hall–Kier alpha value is -1.67. The topological polar surface area (TPSA) is 38.9 Å². The Morgan fingerprint density at radius 2 is 2.00 bits per heavy atom. The van der Waals surface area contributed by atoms with Crippen molar-refractivity contribution in [1.29, 1.82) is 0 Å². The first-order valence-corrected chi connectivity index (χ1v) is 7.58. The monoisotopic (exact) mass is 266 g/mol. The molecule has 1 heterocycles. The van der Waals surface area contributed by atoms with Gasteiger partial charge in [-0.1, -0.05) is 36.4 Å². The van der Waals surface area contributed by atoms with Crippen LogP contribution >= 0.6 is 0 Å². The van der Waals surface area contributed by atoms with E-state index in [0.29, 0.717) is 5.92 Å². The normalized spacial score (nSPS) is 19.4. The summed E-state index contributed by atoms with van der Waals surface area (Å²) in [7, 11) is 0. The summed E-state index contributed by atoms with van der Waals surface area (Å²) in [6.45, 7) is 0. The van der Waals surface area contributed by atoms with Gasteiger partial charge in [0.25, 0.3) is 0 Å². The summed E-state index contributed by atoms with van der Waals surface area (Å²) < 4.78 is 0. The van der Waals surface area contributed by atoms with Crippen molar-refractivity contribution in [2.24, 2.45) is 5.73 Å². The predicted molar refractivity (Wildman–Crippen MR) is 82.7 cm³/mol. The fourth-order valence-electron chi connectivity index (χ4n) is 3.24. The van der Waals surface area contributed by atoms with Gasteiger partial charge in [-0.2, -0.15) is 0 Å². The molecule has 2 aromatic rings. The highest BCUT2D eigenvalue weighted by atomic mass is 14.7. The first-order valence-electron chi connectivity index (χ1n) is 7.58. The molecular formula is C18H22N2. The summed E-state index contributed by atoms with van der Waals surface area (Å²) in [5, 5.41) is 0. The summed E-state index contributed by atoms with van der Waals surface area (Å²) in [6, 6.07) is 15.1. The van der Waals surface area contributed by atoms with Crippen LogP contribution in [0.25, 0.3) is 0 Å². The SMILES string of the molecule is NC(CCc1ccccc1)C1CCCc2cccnc21. The zero-order valence-electron chi connectivity index (χ0n) is 11.8. The van der Waals surface area contributed by atoms with E-state index in [1.54, 1.807) is 0 Å². The number of nitrogens with two attached hydrogens (primary N) is 1. The van der Waals surface area contributed by atoms with E-state index in [0.717, 1.165) is 19.3 Å². The fourth-order valence-corrected chi connectivity index (χ4v) is 3.24. The number of fused-ring (bicyclic) bond motifs is 1. The highest BCUT2D eigenvalue weighted by molar-refractivity contribution is 5.27. The zero-order valence-corrected chi connectivity index (χ0v) is 11.8. The lowest BCUT2D eigenvalue weighted by molar-refractivity contribution is 0.432. The number of hydrogen-bond donors (Lipinski definition) is 1. The van der Waals surface area contributed by atoms with Crippen molar-refractivity contribution in [3.8, 4) is 0 Å². The van der Waals surface area contributed by atoms with E-state index >= 15 is 0 Å². The zero-order chi connectivity index (χ0) is 13.8. The summed E-state index contributed by atoms with van der Waals surface area (Å²) >= 11 is 0. The molecule has 1 aliphatic carbocycles. The largest absolute Gasteiger partial charge is 0.327 e. The van der Waals surface area contributed by atoms with Gasteiger partial charge in [0.2, 0.25) is 0 Å². The Morgan fingerprint density at radius 1 is 1.15 bits per heavy atom. The van der Waals surface area contributed by atoms with Crippen LogP contribution in [-0.2, 0) is 12.8 Å². The van der Waals surface area contributed by atoms with E-state index in [1.807, 2.05) is 12.3 Å². The molecule has 20 heavy (non-hydrogen) atoms. The van der Waals surface area contributed by atoms with E-state index in [-0.39, 0.29) is 6.04 Å². The van der Waals surface area contributed by atoms with Gasteiger partial charge in [0.15, 0.2) is 0 Å². The van der Waals surface area contributed by atoms with Gasteiger partial charge in [0.1, 0.15) is 0 Å². The number of benzene rings is 1. The number of nitrogens with zero attached hydrogens (tertiary/aromatic N) is 1. The number of hydrogen-bond acceptors (Lipinski definition) is 2. The molecule has 0 saturated heterocycles. The molecule has 0 aliphatic heterocycles. The predicted octanol–water partition coefficient (Wildman–Crippen LogP) is 3.46. The minimum absolute atomic E-state index is 0.212. The molecule has 2 unspecified atom stereocenters. The molecule has 0 radical (unpaired) electrons. The van der Waals surface area contributed by atoms with Crippen molar-refractivity contribution in [3.05, 3.63) is 65.5 Å². The molecule has 2 N–H and O–H groups in total. The Labute approximate surface area is 121 Å². The van der Waals surface area contributed by atoms with Gasteiger partial charge in [-0.3, -0.25) is 4.98 Å². The van der Waals surface area contributed by atoms with Crippen LogP contribution in [0.3, 0.4) is 0 Å². The molecule has 1 aromatic heterocycles. The average molecular weight is 266 g/mol. The van der Waals surface area contributed by atoms with Gasteiger partial charge in [-0.15, -0.1) is 0 Å². The summed E-state index contributed by atoms with van der Waals surface area (Å²) in [4.78, 5) is 4.60. The number of aryl methyl sites for hydroxylation is 2. The fraction of sp³-hybridized carbons (Fsp3) is 0.389. The molecule has 0 saturated carbocycles. The highest BCUT2D eigenvalue weighted by Gasteiger charge is 2.26. The second-order valence-corrected chi connectivity index (χ2v) is 5.73. The minimum atomic E-state index is 0.212. The molecule has 1 aliphatic rings. The van der Waals surface area contributed by atoms with Gasteiger partial charge in [0, 0.05) is 23.9 Å². The highest BCUT2D eigenvalue weighted by Crippen LogP contribution is 2.32. The Bertz CT molecular complexity index is 550. The first-order chi connectivity index (χ1) is 9.84. The summed E-state index contributed by atoms with van der Waals surface area (Å²) in [5.74, 6) is 0.434. The first kappa shape index (κ1) is 13.3. The van der Waals surface area contributed by atoms with Crippen LogP contribution in [0.4, 0.5) is 0 Å². The van der Waals surface area contributed by atoms with Crippen molar-refractivity contribution < 1.29 is 0 Å². The van der Waals surface area contributed by atoms with E-state index in [2.05, 4.69) is 41.4 Å². The maximum absolute atomic E-state index is 6.47. The van der Waals surface area contributed by atoms with E-state index in [9.17, 15) is 0 Å². The van der Waals surface area contributed by atoms with E-state index < -0.39 is 0 Å².